The van der Waals surface area contributed by atoms with Gasteiger partial charge in [0.2, 0.25) is 0 Å². The molecule has 7 nitrogen and oxygen atoms in total. The summed E-state index contributed by atoms with van der Waals surface area (Å²) in [5, 5.41) is 15.5. The zero-order valence-electron chi connectivity index (χ0n) is 15.8. The fraction of sp³-hybridized carbons (Fsp3) is 0.136. The first-order chi connectivity index (χ1) is 14.1. The number of aryl methyl sites for hydroxylation is 1. The van der Waals surface area contributed by atoms with Gasteiger partial charge in [-0.1, -0.05) is 35.5 Å². The van der Waals surface area contributed by atoms with Crippen LogP contribution in [0, 0.1) is 18.3 Å². The number of nitriles is 1. The van der Waals surface area contributed by atoms with Gasteiger partial charge in [-0.05, 0) is 42.8 Å². The highest BCUT2D eigenvalue weighted by molar-refractivity contribution is 6.09. The summed E-state index contributed by atoms with van der Waals surface area (Å²) in [6.07, 6.45) is 1.49. The van der Waals surface area contributed by atoms with Gasteiger partial charge in [-0.3, -0.25) is 4.79 Å². The molecule has 146 valence electrons. The van der Waals surface area contributed by atoms with Gasteiger partial charge in [-0.25, -0.2) is 0 Å². The van der Waals surface area contributed by atoms with Crippen molar-refractivity contribution >= 4 is 17.8 Å². The van der Waals surface area contributed by atoms with Crippen LogP contribution in [0.3, 0.4) is 0 Å². The van der Waals surface area contributed by atoms with E-state index in [1.165, 1.54) is 6.08 Å². The molecule has 7 heteroatoms. The molecule has 1 aromatic heterocycles. The predicted octanol–water partition coefficient (Wildman–Crippen LogP) is 3.99. The maximum atomic E-state index is 12.2. The number of amides is 1. The van der Waals surface area contributed by atoms with Crippen LogP contribution >= 0.6 is 0 Å². The lowest BCUT2D eigenvalue weighted by molar-refractivity contribution is -0.112. The summed E-state index contributed by atoms with van der Waals surface area (Å²) in [4.78, 5) is 12.2. The summed E-state index contributed by atoms with van der Waals surface area (Å²) >= 11 is 0. The first-order valence-corrected chi connectivity index (χ1v) is 8.91. The topological polar surface area (TPSA) is 97.4 Å². The Morgan fingerprint density at radius 1 is 1.10 bits per heavy atom. The molecule has 1 heterocycles. The molecule has 0 aliphatic heterocycles. The van der Waals surface area contributed by atoms with Gasteiger partial charge < -0.3 is 19.3 Å². The molecule has 0 saturated heterocycles. The molecule has 1 N–H and O–H groups in total. The molecular weight excluding hydrogens is 370 g/mol. The highest BCUT2D eigenvalue weighted by atomic mass is 16.5. The Balaban J connectivity index is 1.52. The highest BCUT2D eigenvalue weighted by Crippen LogP contribution is 2.16. The minimum Gasteiger partial charge on any atom is -0.490 e. The van der Waals surface area contributed by atoms with Crippen molar-refractivity contribution in [2.75, 3.05) is 18.5 Å². The molecule has 0 unspecified atom stereocenters. The van der Waals surface area contributed by atoms with Gasteiger partial charge in [0, 0.05) is 6.07 Å². The number of nitrogens with zero attached hydrogens (tertiary/aromatic N) is 2. The minimum absolute atomic E-state index is 0.0458. The number of para-hydroxylation sites is 1. The molecule has 0 aliphatic rings. The smallest absolute Gasteiger partial charge is 0.267 e. The van der Waals surface area contributed by atoms with Crippen LogP contribution in [-0.2, 0) is 4.79 Å². The van der Waals surface area contributed by atoms with E-state index in [9.17, 15) is 10.1 Å². The third kappa shape index (κ3) is 5.97. The number of aromatic nitrogens is 1. The van der Waals surface area contributed by atoms with Crippen LogP contribution in [0.1, 0.15) is 11.3 Å². The fourth-order valence-corrected chi connectivity index (χ4v) is 2.42. The molecule has 3 rings (SSSR count). The standard InChI is InChI=1S/C22H19N3O4/c1-16-13-21(25-29-16)24-22(26)18(15-23)14-17-7-9-20(10-8-17)28-12-11-27-19-5-3-2-4-6-19/h2-10,13-14H,11-12H2,1H3,(H,24,25,26)/b18-14-. The van der Waals surface area contributed by atoms with Crippen LogP contribution in [0.4, 0.5) is 5.82 Å². The van der Waals surface area contributed by atoms with Crippen LogP contribution in [0.5, 0.6) is 11.5 Å². The SMILES string of the molecule is Cc1cc(NC(=O)/C(C#N)=C\c2ccc(OCCOc3ccccc3)cc2)no1. The Morgan fingerprint density at radius 3 is 2.34 bits per heavy atom. The number of ether oxygens (including phenoxy) is 2. The second-order valence-corrected chi connectivity index (χ2v) is 6.03. The molecule has 0 atom stereocenters. The van der Waals surface area contributed by atoms with Crippen molar-refractivity contribution in [3.63, 3.8) is 0 Å². The molecule has 1 amide bonds. The molecule has 2 aromatic carbocycles. The maximum Gasteiger partial charge on any atom is 0.267 e. The number of benzene rings is 2. The first-order valence-electron chi connectivity index (χ1n) is 8.91. The van der Waals surface area contributed by atoms with E-state index < -0.39 is 5.91 Å². The summed E-state index contributed by atoms with van der Waals surface area (Å²) < 4.78 is 16.1. The second kappa shape index (κ2) is 9.76. The Hall–Kier alpha value is -4.05. The molecule has 0 saturated carbocycles. The van der Waals surface area contributed by atoms with E-state index in [2.05, 4.69) is 10.5 Å². The maximum absolute atomic E-state index is 12.2. The lowest BCUT2D eigenvalue weighted by Gasteiger charge is -2.08. The number of nitrogens with one attached hydrogen (secondary N) is 1. The van der Waals surface area contributed by atoms with Crippen LogP contribution in [0.2, 0.25) is 0 Å². The Bertz CT molecular complexity index is 1020. The van der Waals surface area contributed by atoms with E-state index in [0.29, 0.717) is 30.3 Å². The number of hydrogen-bond acceptors (Lipinski definition) is 6. The summed E-state index contributed by atoms with van der Waals surface area (Å²) in [5.41, 5.74) is 0.650. The molecule has 29 heavy (non-hydrogen) atoms. The van der Waals surface area contributed by atoms with Crippen molar-refractivity contribution in [1.82, 2.24) is 5.16 Å². The average molecular weight is 389 g/mol. The van der Waals surface area contributed by atoms with Crippen molar-refractivity contribution in [2.24, 2.45) is 0 Å². The van der Waals surface area contributed by atoms with Gasteiger partial charge in [0.25, 0.3) is 5.91 Å². The molecule has 0 radical (unpaired) electrons. The lowest BCUT2D eigenvalue weighted by atomic mass is 10.1. The van der Waals surface area contributed by atoms with Gasteiger partial charge in [0.15, 0.2) is 5.82 Å². The van der Waals surface area contributed by atoms with E-state index in [1.807, 2.05) is 36.4 Å². The molecule has 0 bridgehead atoms. The van der Waals surface area contributed by atoms with Gasteiger partial charge in [0.05, 0.1) is 0 Å². The Kier molecular flexibility index (Phi) is 6.63. The quantitative estimate of drug-likeness (QED) is 0.355. The van der Waals surface area contributed by atoms with E-state index in [0.717, 1.165) is 5.75 Å². The normalized spacial score (nSPS) is 10.8. The van der Waals surface area contributed by atoms with Crippen molar-refractivity contribution in [3.05, 3.63) is 77.6 Å². The average Bonchev–Trinajstić information content (AvgIpc) is 3.15. The second-order valence-electron chi connectivity index (χ2n) is 6.03. The van der Waals surface area contributed by atoms with Crippen molar-refractivity contribution in [2.45, 2.75) is 6.92 Å². The number of hydrogen-bond donors (Lipinski definition) is 1. The number of carbonyl (C=O) groups excluding carboxylic acids is 1. The zero-order valence-corrected chi connectivity index (χ0v) is 15.8. The van der Waals surface area contributed by atoms with Gasteiger partial charge in [0.1, 0.15) is 42.1 Å². The van der Waals surface area contributed by atoms with Gasteiger partial charge in [-0.15, -0.1) is 0 Å². The number of rotatable bonds is 8. The highest BCUT2D eigenvalue weighted by Gasteiger charge is 2.11. The lowest BCUT2D eigenvalue weighted by Crippen LogP contribution is -2.13. The molecule has 0 aliphatic carbocycles. The first kappa shape index (κ1) is 19.7. The Labute approximate surface area is 168 Å². The number of anilines is 1. The fourth-order valence-electron chi connectivity index (χ4n) is 2.42. The monoisotopic (exact) mass is 389 g/mol. The summed E-state index contributed by atoms with van der Waals surface area (Å²) in [5.74, 6) is 1.72. The molecule has 0 spiro atoms. The van der Waals surface area contributed by atoms with Crippen molar-refractivity contribution in [3.8, 4) is 17.6 Å². The van der Waals surface area contributed by atoms with Crippen molar-refractivity contribution < 1.29 is 18.8 Å². The van der Waals surface area contributed by atoms with Crippen molar-refractivity contribution in [1.29, 1.82) is 5.26 Å². The largest absolute Gasteiger partial charge is 0.490 e. The minimum atomic E-state index is -0.556. The van der Waals surface area contributed by atoms with E-state index in [1.54, 1.807) is 37.3 Å². The van der Waals surface area contributed by atoms with E-state index in [4.69, 9.17) is 14.0 Å². The van der Waals surface area contributed by atoms with Gasteiger partial charge >= 0.3 is 0 Å². The predicted molar refractivity (Wildman–Crippen MR) is 107 cm³/mol. The summed E-state index contributed by atoms with van der Waals surface area (Å²) in [6.45, 7) is 2.53. The number of carbonyl (C=O) groups is 1. The van der Waals surface area contributed by atoms with E-state index >= 15 is 0 Å². The summed E-state index contributed by atoms with van der Waals surface area (Å²) in [6, 6.07) is 20.0. The molecular formula is C22H19N3O4. The van der Waals surface area contributed by atoms with Crippen LogP contribution < -0.4 is 14.8 Å². The zero-order chi connectivity index (χ0) is 20.5. The Morgan fingerprint density at radius 2 is 1.76 bits per heavy atom. The van der Waals surface area contributed by atoms with Gasteiger partial charge in [-0.2, -0.15) is 5.26 Å². The third-order valence-corrected chi connectivity index (χ3v) is 3.79. The van der Waals surface area contributed by atoms with E-state index in [-0.39, 0.29) is 11.4 Å². The summed E-state index contributed by atoms with van der Waals surface area (Å²) in [7, 11) is 0. The third-order valence-electron chi connectivity index (χ3n) is 3.79. The van der Waals surface area contributed by atoms with Crippen LogP contribution in [-0.4, -0.2) is 24.3 Å². The molecule has 0 fully saturated rings. The van der Waals surface area contributed by atoms with Crippen LogP contribution in [0.15, 0.2) is 70.8 Å². The molecule has 3 aromatic rings. The van der Waals surface area contributed by atoms with Crippen LogP contribution in [0.25, 0.3) is 6.08 Å².